The number of primary amides is 1. The van der Waals surface area contributed by atoms with E-state index in [4.69, 9.17) is 5.73 Å². The fourth-order valence-electron chi connectivity index (χ4n) is 4.57. The van der Waals surface area contributed by atoms with Crippen LogP contribution in [0.4, 0.5) is 4.39 Å². The lowest BCUT2D eigenvalue weighted by Gasteiger charge is -2.27. The van der Waals surface area contributed by atoms with E-state index in [-0.39, 0.29) is 48.6 Å². The monoisotopic (exact) mass is 441 g/mol. The van der Waals surface area contributed by atoms with Gasteiger partial charge >= 0.3 is 0 Å². The first-order valence-electron chi connectivity index (χ1n) is 11.0. The molecule has 2 N–H and O–H groups in total. The van der Waals surface area contributed by atoms with Gasteiger partial charge in [-0.15, -0.1) is 0 Å². The first kappa shape index (κ1) is 22.1. The fourth-order valence-corrected chi connectivity index (χ4v) is 4.57. The molecular formula is C23H28FN5O3. The summed E-state index contributed by atoms with van der Waals surface area (Å²) in [6, 6.07) is 1.28. The molecule has 2 aromatic rings. The highest BCUT2D eigenvalue weighted by atomic mass is 19.1. The van der Waals surface area contributed by atoms with Crippen LogP contribution in [0.25, 0.3) is 10.9 Å². The van der Waals surface area contributed by atoms with Gasteiger partial charge in [0.2, 0.25) is 5.91 Å². The molecule has 3 atom stereocenters. The van der Waals surface area contributed by atoms with Gasteiger partial charge in [-0.25, -0.2) is 4.39 Å². The number of piperidine rings is 1. The summed E-state index contributed by atoms with van der Waals surface area (Å²) in [5.41, 5.74) is 7.50. The minimum absolute atomic E-state index is 0.0482. The van der Waals surface area contributed by atoms with Gasteiger partial charge < -0.3 is 10.6 Å². The highest BCUT2D eigenvalue weighted by Crippen LogP contribution is 2.48. The Morgan fingerprint density at radius 2 is 1.97 bits per heavy atom. The lowest BCUT2D eigenvalue weighted by atomic mass is 10.0. The van der Waals surface area contributed by atoms with Crippen LogP contribution in [0.3, 0.4) is 0 Å². The molecule has 9 heteroatoms. The number of nitrogens with two attached hydrogens (primary N) is 1. The SMILES string of the molecule is CCc1cc2c(C(N)=O)nn(CC(=O)N3[C@@H]4C[C@@H]4C[C@H]3C(=O)CCC(F)=C(C)C)c2cn1. The number of likely N-dealkylation sites (tertiary alicyclic amines) is 1. The van der Waals surface area contributed by atoms with E-state index in [0.717, 1.165) is 12.1 Å². The van der Waals surface area contributed by atoms with Crippen molar-refractivity contribution < 1.29 is 18.8 Å². The molecule has 3 heterocycles. The van der Waals surface area contributed by atoms with E-state index in [9.17, 15) is 18.8 Å². The molecule has 2 fully saturated rings. The summed E-state index contributed by atoms with van der Waals surface area (Å²) >= 11 is 0. The molecule has 1 saturated carbocycles. The van der Waals surface area contributed by atoms with E-state index in [0.29, 0.717) is 35.2 Å². The molecule has 2 aromatic heterocycles. The third-order valence-corrected chi connectivity index (χ3v) is 6.47. The molecule has 0 radical (unpaired) electrons. The Labute approximate surface area is 185 Å². The molecule has 2 amide bonds. The number of rotatable bonds is 8. The van der Waals surface area contributed by atoms with Gasteiger partial charge in [0.1, 0.15) is 6.54 Å². The van der Waals surface area contributed by atoms with E-state index >= 15 is 0 Å². The number of amides is 2. The third kappa shape index (κ3) is 4.03. The van der Waals surface area contributed by atoms with Gasteiger partial charge in [0.05, 0.1) is 23.6 Å². The molecule has 170 valence electrons. The maximum absolute atomic E-state index is 13.9. The lowest BCUT2D eigenvalue weighted by molar-refractivity contribution is -0.139. The molecule has 2 aliphatic rings. The average Bonchev–Trinajstić information content (AvgIpc) is 3.27. The van der Waals surface area contributed by atoms with Crippen LogP contribution in [-0.4, -0.2) is 49.3 Å². The molecule has 1 aliphatic carbocycles. The van der Waals surface area contributed by atoms with Crippen molar-refractivity contribution in [2.45, 2.75) is 71.5 Å². The predicted octanol–water partition coefficient (Wildman–Crippen LogP) is 2.69. The quantitative estimate of drug-likeness (QED) is 0.677. The molecule has 0 aromatic carbocycles. The van der Waals surface area contributed by atoms with Gasteiger partial charge in [-0.05, 0) is 50.7 Å². The van der Waals surface area contributed by atoms with Gasteiger partial charge in [-0.1, -0.05) is 6.92 Å². The summed E-state index contributed by atoms with van der Waals surface area (Å²) in [6.45, 7) is 5.18. The van der Waals surface area contributed by atoms with Crippen molar-refractivity contribution in [3.8, 4) is 0 Å². The average molecular weight is 442 g/mol. The Hall–Kier alpha value is -3.10. The number of halogens is 1. The van der Waals surface area contributed by atoms with Crippen LogP contribution >= 0.6 is 0 Å². The van der Waals surface area contributed by atoms with E-state index in [1.165, 1.54) is 4.68 Å². The van der Waals surface area contributed by atoms with E-state index < -0.39 is 11.9 Å². The second-order valence-electron chi connectivity index (χ2n) is 8.90. The number of ketones is 1. The van der Waals surface area contributed by atoms with E-state index in [1.807, 2.05) is 6.92 Å². The van der Waals surface area contributed by atoms with Crippen LogP contribution in [0.1, 0.15) is 62.6 Å². The Bertz CT molecular complexity index is 1130. The summed E-state index contributed by atoms with van der Waals surface area (Å²) in [5, 5.41) is 4.84. The number of hydrogen-bond donors (Lipinski definition) is 1. The second kappa shape index (κ2) is 8.44. The number of carbonyl (C=O) groups is 3. The topological polar surface area (TPSA) is 111 Å². The van der Waals surface area contributed by atoms with E-state index in [1.54, 1.807) is 31.0 Å². The number of carbonyl (C=O) groups excluding carboxylic acids is 3. The number of nitrogens with zero attached hydrogens (tertiary/aromatic N) is 4. The first-order chi connectivity index (χ1) is 15.2. The zero-order valence-corrected chi connectivity index (χ0v) is 18.6. The van der Waals surface area contributed by atoms with Crippen LogP contribution in [0, 0.1) is 5.92 Å². The van der Waals surface area contributed by atoms with Crippen molar-refractivity contribution in [1.82, 2.24) is 19.7 Å². The van der Waals surface area contributed by atoms with Gasteiger partial charge in [0.15, 0.2) is 11.5 Å². The molecule has 1 aliphatic heterocycles. The molecule has 8 nitrogen and oxygen atoms in total. The van der Waals surface area contributed by atoms with Crippen molar-refractivity contribution in [3.05, 3.63) is 35.1 Å². The number of aromatic nitrogens is 3. The maximum Gasteiger partial charge on any atom is 0.269 e. The summed E-state index contributed by atoms with van der Waals surface area (Å²) < 4.78 is 15.3. The fraction of sp³-hybridized carbons (Fsp3) is 0.522. The number of pyridine rings is 1. The molecular weight excluding hydrogens is 413 g/mol. The van der Waals surface area contributed by atoms with Crippen molar-refractivity contribution in [2.24, 2.45) is 11.7 Å². The second-order valence-corrected chi connectivity index (χ2v) is 8.90. The van der Waals surface area contributed by atoms with E-state index in [2.05, 4.69) is 10.1 Å². The largest absolute Gasteiger partial charge is 0.364 e. The Kier molecular flexibility index (Phi) is 5.83. The van der Waals surface area contributed by atoms with Crippen molar-refractivity contribution in [1.29, 1.82) is 0 Å². The first-order valence-corrected chi connectivity index (χ1v) is 11.0. The van der Waals surface area contributed by atoms with Gasteiger partial charge in [-0.3, -0.25) is 24.0 Å². The highest BCUT2D eigenvalue weighted by Gasteiger charge is 2.55. The Morgan fingerprint density at radius 1 is 1.22 bits per heavy atom. The van der Waals surface area contributed by atoms with Crippen LogP contribution < -0.4 is 5.73 Å². The number of hydrogen-bond acceptors (Lipinski definition) is 5. The molecule has 0 unspecified atom stereocenters. The minimum Gasteiger partial charge on any atom is -0.364 e. The predicted molar refractivity (Wildman–Crippen MR) is 116 cm³/mol. The number of aryl methyl sites for hydroxylation is 1. The summed E-state index contributed by atoms with van der Waals surface area (Å²) in [7, 11) is 0. The summed E-state index contributed by atoms with van der Waals surface area (Å²) in [4.78, 5) is 44.0. The number of Topliss-reactive ketones (excluding diaryl/α,β-unsaturated/α-hetero) is 1. The van der Waals surface area contributed by atoms with Gasteiger partial charge in [0, 0.05) is 30.0 Å². The molecule has 0 bridgehead atoms. The maximum atomic E-state index is 13.9. The molecule has 1 saturated heterocycles. The van der Waals surface area contributed by atoms with Crippen LogP contribution in [-0.2, 0) is 22.6 Å². The summed E-state index contributed by atoms with van der Waals surface area (Å²) in [5.74, 6) is -0.978. The summed E-state index contributed by atoms with van der Waals surface area (Å²) in [6.07, 6.45) is 3.92. The standard InChI is InChI=1S/C23H28FN5O3/c1-4-14-9-15-19(10-26-14)28(27-22(15)23(25)32)11-21(31)29-17-7-13(17)8-18(29)20(30)6-5-16(24)12(2)3/h9-10,13,17-18H,4-8,11H2,1-3H3,(H2,25,32)/t13-,17-,18+/m1/s1. The van der Waals surface area contributed by atoms with Crippen molar-refractivity contribution >= 4 is 28.5 Å². The van der Waals surface area contributed by atoms with Crippen LogP contribution in [0.15, 0.2) is 23.7 Å². The Morgan fingerprint density at radius 3 is 2.62 bits per heavy atom. The van der Waals surface area contributed by atoms with Gasteiger partial charge in [-0.2, -0.15) is 5.10 Å². The van der Waals surface area contributed by atoms with Gasteiger partial charge in [0.25, 0.3) is 5.91 Å². The van der Waals surface area contributed by atoms with Crippen LogP contribution in [0.5, 0.6) is 0 Å². The molecule has 4 rings (SSSR count). The zero-order chi connectivity index (χ0) is 23.2. The molecule has 32 heavy (non-hydrogen) atoms. The van der Waals surface area contributed by atoms with Crippen LogP contribution in [0.2, 0.25) is 0 Å². The minimum atomic E-state index is -0.674. The van der Waals surface area contributed by atoms with Crippen molar-refractivity contribution in [3.63, 3.8) is 0 Å². The normalized spacial score (nSPS) is 21.5. The smallest absolute Gasteiger partial charge is 0.269 e. The Balaban J connectivity index is 1.55. The molecule has 0 spiro atoms. The lowest BCUT2D eigenvalue weighted by Crippen LogP contribution is -2.44. The number of fused-ring (bicyclic) bond motifs is 2. The third-order valence-electron chi connectivity index (χ3n) is 6.47. The zero-order valence-electron chi connectivity index (χ0n) is 18.6. The number of allylic oxidation sites excluding steroid dienone is 2. The highest BCUT2D eigenvalue weighted by molar-refractivity contribution is 6.04. The van der Waals surface area contributed by atoms with Crippen molar-refractivity contribution in [2.75, 3.05) is 0 Å².